The van der Waals surface area contributed by atoms with Crippen LogP contribution in [0.25, 0.3) is 0 Å². The summed E-state index contributed by atoms with van der Waals surface area (Å²) in [6.45, 7) is 3.80. The lowest BCUT2D eigenvalue weighted by Crippen LogP contribution is -2.32. The first-order valence-corrected chi connectivity index (χ1v) is 9.99. The minimum absolute atomic E-state index is 0.265. The molecule has 162 valence electrons. The third-order valence-corrected chi connectivity index (χ3v) is 4.58. The fraction of sp³-hybridized carbons (Fsp3) is 0.0833. The van der Waals surface area contributed by atoms with E-state index >= 15 is 0 Å². The van der Waals surface area contributed by atoms with Gasteiger partial charge in [0.05, 0.1) is 16.8 Å². The summed E-state index contributed by atoms with van der Waals surface area (Å²) >= 11 is 5.99. The topological polar surface area (TPSA) is 96.9 Å². The number of hydrogen-bond acceptors (Lipinski definition) is 5. The first-order valence-electron chi connectivity index (χ1n) is 9.61. The molecule has 0 saturated heterocycles. The SMILES string of the molecule is Cc1cc(C)cc(NC(=O)C(=O)NN=Cc2ccc(OC(=O)c3ccccc3Cl)cc2)c1. The monoisotopic (exact) mass is 449 g/mol. The summed E-state index contributed by atoms with van der Waals surface area (Å²) in [7, 11) is 0. The second-order valence-electron chi connectivity index (χ2n) is 6.97. The molecule has 3 aromatic rings. The summed E-state index contributed by atoms with van der Waals surface area (Å²) in [5.74, 6) is -1.97. The number of ether oxygens (including phenoxy) is 1. The molecule has 0 aliphatic heterocycles. The van der Waals surface area contributed by atoms with Crippen LogP contribution in [0.5, 0.6) is 5.75 Å². The fourth-order valence-corrected chi connectivity index (χ4v) is 3.07. The largest absolute Gasteiger partial charge is 0.423 e. The van der Waals surface area contributed by atoms with Crippen LogP contribution in [0, 0.1) is 13.8 Å². The quantitative estimate of drug-likeness (QED) is 0.200. The zero-order chi connectivity index (χ0) is 23.1. The number of nitrogens with one attached hydrogen (secondary N) is 2. The van der Waals surface area contributed by atoms with Crippen molar-refractivity contribution in [2.24, 2.45) is 5.10 Å². The van der Waals surface area contributed by atoms with Gasteiger partial charge in [0, 0.05) is 5.69 Å². The number of esters is 1. The van der Waals surface area contributed by atoms with Gasteiger partial charge in [-0.3, -0.25) is 9.59 Å². The zero-order valence-corrected chi connectivity index (χ0v) is 18.1. The van der Waals surface area contributed by atoms with Gasteiger partial charge in [0.2, 0.25) is 0 Å². The van der Waals surface area contributed by atoms with Gasteiger partial charge in [0.25, 0.3) is 0 Å². The Morgan fingerprint density at radius 2 is 1.56 bits per heavy atom. The highest BCUT2D eigenvalue weighted by molar-refractivity contribution is 6.39. The van der Waals surface area contributed by atoms with Crippen LogP contribution in [0.3, 0.4) is 0 Å². The van der Waals surface area contributed by atoms with E-state index in [0.29, 0.717) is 22.0 Å². The molecule has 0 atom stereocenters. The molecule has 0 aliphatic rings. The molecule has 0 bridgehead atoms. The zero-order valence-electron chi connectivity index (χ0n) is 17.4. The van der Waals surface area contributed by atoms with Crippen molar-refractivity contribution in [1.29, 1.82) is 0 Å². The molecule has 2 amide bonds. The maximum atomic E-state index is 12.2. The number of benzene rings is 3. The van der Waals surface area contributed by atoms with Crippen molar-refractivity contribution in [3.8, 4) is 5.75 Å². The molecule has 0 aliphatic carbocycles. The number of hydrazone groups is 1. The van der Waals surface area contributed by atoms with Crippen molar-refractivity contribution < 1.29 is 19.1 Å². The summed E-state index contributed by atoms with van der Waals surface area (Å²) in [4.78, 5) is 36.1. The molecule has 2 N–H and O–H groups in total. The van der Waals surface area contributed by atoms with Gasteiger partial charge in [-0.05, 0) is 79.1 Å². The third-order valence-electron chi connectivity index (χ3n) is 4.25. The Hall–Kier alpha value is -3.97. The summed E-state index contributed by atoms with van der Waals surface area (Å²) in [6, 6.07) is 18.5. The number of amides is 2. The molecule has 32 heavy (non-hydrogen) atoms. The Balaban J connectivity index is 1.53. The molecule has 0 fully saturated rings. The highest BCUT2D eigenvalue weighted by Gasteiger charge is 2.14. The molecule has 8 heteroatoms. The van der Waals surface area contributed by atoms with Gasteiger partial charge in [-0.15, -0.1) is 0 Å². The van der Waals surface area contributed by atoms with E-state index in [2.05, 4.69) is 15.8 Å². The van der Waals surface area contributed by atoms with Gasteiger partial charge >= 0.3 is 17.8 Å². The normalized spacial score (nSPS) is 10.6. The summed E-state index contributed by atoms with van der Waals surface area (Å²) in [5, 5.41) is 6.62. The van der Waals surface area contributed by atoms with Crippen LogP contribution in [-0.2, 0) is 9.59 Å². The Labute approximate surface area is 190 Å². The smallest absolute Gasteiger partial charge is 0.345 e. The van der Waals surface area contributed by atoms with Gasteiger partial charge in [0.1, 0.15) is 5.75 Å². The minimum Gasteiger partial charge on any atom is -0.423 e. The van der Waals surface area contributed by atoms with Gasteiger partial charge in [0.15, 0.2) is 0 Å². The van der Waals surface area contributed by atoms with Gasteiger partial charge in [-0.25, -0.2) is 10.2 Å². The molecule has 0 saturated carbocycles. The van der Waals surface area contributed by atoms with E-state index in [1.165, 1.54) is 6.21 Å². The van der Waals surface area contributed by atoms with Gasteiger partial charge in [-0.1, -0.05) is 29.8 Å². The maximum absolute atomic E-state index is 12.2. The van der Waals surface area contributed by atoms with Crippen molar-refractivity contribution in [2.75, 3.05) is 5.32 Å². The highest BCUT2D eigenvalue weighted by Crippen LogP contribution is 2.19. The van der Waals surface area contributed by atoms with Crippen molar-refractivity contribution in [3.63, 3.8) is 0 Å². The van der Waals surface area contributed by atoms with Crippen molar-refractivity contribution in [3.05, 3.63) is 94.0 Å². The van der Waals surface area contributed by atoms with E-state index < -0.39 is 17.8 Å². The number of carbonyl (C=O) groups is 3. The van der Waals surface area contributed by atoms with Gasteiger partial charge in [-0.2, -0.15) is 5.10 Å². The van der Waals surface area contributed by atoms with Crippen LogP contribution >= 0.6 is 11.6 Å². The molecule has 0 unspecified atom stereocenters. The van der Waals surface area contributed by atoms with E-state index in [4.69, 9.17) is 16.3 Å². The van der Waals surface area contributed by atoms with Crippen LogP contribution in [0.1, 0.15) is 27.0 Å². The van der Waals surface area contributed by atoms with Crippen LogP contribution in [0.15, 0.2) is 71.8 Å². The predicted octanol–water partition coefficient (Wildman–Crippen LogP) is 4.26. The molecular formula is C24H20ClN3O4. The molecule has 0 radical (unpaired) electrons. The molecular weight excluding hydrogens is 430 g/mol. The number of nitrogens with zero attached hydrogens (tertiary/aromatic N) is 1. The van der Waals surface area contributed by atoms with Crippen molar-refractivity contribution in [2.45, 2.75) is 13.8 Å². The molecule has 7 nitrogen and oxygen atoms in total. The number of carbonyl (C=O) groups excluding carboxylic acids is 3. The molecule has 0 spiro atoms. The van der Waals surface area contributed by atoms with E-state index in [1.54, 1.807) is 60.7 Å². The summed E-state index contributed by atoms with van der Waals surface area (Å²) < 4.78 is 5.29. The Morgan fingerprint density at radius 3 is 2.22 bits per heavy atom. The maximum Gasteiger partial charge on any atom is 0.345 e. The van der Waals surface area contributed by atoms with E-state index in [9.17, 15) is 14.4 Å². The molecule has 3 aromatic carbocycles. The number of hydrogen-bond donors (Lipinski definition) is 2. The predicted molar refractivity (Wildman–Crippen MR) is 123 cm³/mol. The lowest BCUT2D eigenvalue weighted by molar-refractivity contribution is -0.136. The van der Waals surface area contributed by atoms with Crippen LogP contribution in [0.4, 0.5) is 5.69 Å². The summed E-state index contributed by atoms with van der Waals surface area (Å²) in [5.41, 5.74) is 5.54. The standard InChI is InChI=1S/C24H20ClN3O4/c1-15-11-16(2)13-18(12-15)27-22(29)23(30)28-26-14-17-7-9-19(10-8-17)32-24(31)20-5-3-4-6-21(20)25/h3-14H,1-2H3,(H,27,29)(H,28,30). The number of rotatable bonds is 5. The average Bonchev–Trinajstić information content (AvgIpc) is 2.74. The fourth-order valence-electron chi connectivity index (χ4n) is 2.86. The Morgan fingerprint density at radius 1 is 0.906 bits per heavy atom. The molecule has 3 rings (SSSR count). The van der Waals surface area contributed by atoms with E-state index in [1.807, 2.05) is 19.9 Å². The number of aryl methyl sites for hydroxylation is 2. The summed E-state index contributed by atoms with van der Waals surface area (Å²) in [6.07, 6.45) is 1.36. The van der Waals surface area contributed by atoms with Crippen molar-refractivity contribution >= 4 is 41.3 Å². The Kier molecular flexibility index (Phi) is 7.36. The first kappa shape index (κ1) is 22.7. The molecule has 0 aromatic heterocycles. The number of halogens is 1. The van der Waals surface area contributed by atoms with Crippen LogP contribution in [-0.4, -0.2) is 24.0 Å². The Bertz CT molecular complexity index is 1170. The van der Waals surface area contributed by atoms with Gasteiger partial charge < -0.3 is 10.1 Å². The molecule has 0 heterocycles. The lowest BCUT2D eigenvalue weighted by Gasteiger charge is -2.06. The number of anilines is 1. The second kappa shape index (κ2) is 10.4. The third kappa shape index (κ3) is 6.26. The van der Waals surface area contributed by atoms with Crippen molar-refractivity contribution in [1.82, 2.24) is 5.43 Å². The first-order chi connectivity index (χ1) is 15.3. The second-order valence-corrected chi connectivity index (χ2v) is 7.38. The average molecular weight is 450 g/mol. The lowest BCUT2D eigenvalue weighted by atomic mass is 10.1. The minimum atomic E-state index is -0.898. The van der Waals surface area contributed by atoms with Crippen LogP contribution < -0.4 is 15.5 Å². The van der Waals surface area contributed by atoms with E-state index in [0.717, 1.165) is 11.1 Å². The van der Waals surface area contributed by atoms with E-state index in [-0.39, 0.29) is 5.56 Å². The highest BCUT2D eigenvalue weighted by atomic mass is 35.5. The van der Waals surface area contributed by atoms with Crippen LogP contribution in [0.2, 0.25) is 5.02 Å².